The van der Waals surface area contributed by atoms with Gasteiger partial charge in [-0.05, 0) is 42.0 Å². The highest BCUT2D eigenvalue weighted by Gasteiger charge is 2.06. The number of hydrogen-bond acceptors (Lipinski definition) is 3. The van der Waals surface area contributed by atoms with E-state index < -0.39 is 0 Å². The minimum atomic E-state index is -0.156. The standard InChI is InChI=1S/C17H18N2O3/c1-18-17(21)13-5-7-14(8-6-13)19-16(20)11-12-3-9-15(22-2)10-4-12/h3-10H,11H2,1-2H3,(H,18,21)(H,19,20). The highest BCUT2D eigenvalue weighted by atomic mass is 16.5. The molecule has 0 saturated heterocycles. The van der Waals surface area contributed by atoms with Crippen LogP contribution >= 0.6 is 0 Å². The third-order valence-electron chi connectivity index (χ3n) is 3.18. The quantitative estimate of drug-likeness (QED) is 0.889. The van der Waals surface area contributed by atoms with E-state index in [-0.39, 0.29) is 18.2 Å². The lowest BCUT2D eigenvalue weighted by molar-refractivity contribution is -0.115. The van der Waals surface area contributed by atoms with Crippen molar-refractivity contribution in [2.45, 2.75) is 6.42 Å². The molecule has 114 valence electrons. The van der Waals surface area contributed by atoms with Gasteiger partial charge in [-0.1, -0.05) is 12.1 Å². The zero-order valence-electron chi connectivity index (χ0n) is 12.6. The Hall–Kier alpha value is -2.82. The molecular formula is C17H18N2O3. The Morgan fingerprint density at radius 2 is 1.64 bits per heavy atom. The molecule has 2 aromatic carbocycles. The molecule has 0 fully saturated rings. The number of benzene rings is 2. The van der Waals surface area contributed by atoms with E-state index in [0.29, 0.717) is 11.3 Å². The third-order valence-corrected chi connectivity index (χ3v) is 3.18. The molecule has 0 heterocycles. The number of carbonyl (C=O) groups excluding carboxylic acids is 2. The molecule has 2 aromatic rings. The first-order valence-electron chi connectivity index (χ1n) is 6.87. The van der Waals surface area contributed by atoms with Crippen molar-refractivity contribution in [1.82, 2.24) is 5.32 Å². The van der Waals surface area contributed by atoms with E-state index in [9.17, 15) is 9.59 Å². The van der Waals surface area contributed by atoms with E-state index in [1.807, 2.05) is 24.3 Å². The second kappa shape index (κ2) is 7.26. The zero-order chi connectivity index (χ0) is 15.9. The molecule has 0 atom stereocenters. The van der Waals surface area contributed by atoms with Crippen molar-refractivity contribution < 1.29 is 14.3 Å². The van der Waals surface area contributed by atoms with Crippen LogP contribution in [0.4, 0.5) is 5.69 Å². The van der Waals surface area contributed by atoms with Crippen LogP contribution in [0.3, 0.4) is 0 Å². The molecule has 0 spiro atoms. The number of ether oxygens (including phenoxy) is 1. The molecule has 0 aromatic heterocycles. The van der Waals surface area contributed by atoms with Crippen LogP contribution in [0, 0.1) is 0 Å². The molecule has 5 nitrogen and oxygen atoms in total. The van der Waals surface area contributed by atoms with Crippen molar-refractivity contribution in [2.75, 3.05) is 19.5 Å². The molecule has 22 heavy (non-hydrogen) atoms. The third kappa shape index (κ3) is 4.09. The van der Waals surface area contributed by atoms with E-state index in [1.54, 1.807) is 38.4 Å². The van der Waals surface area contributed by atoms with Gasteiger partial charge in [-0.25, -0.2) is 0 Å². The molecule has 0 aliphatic carbocycles. The van der Waals surface area contributed by atoms with Gasteiger partial charge in [0.05, 0.1) is 13.5 Å². The van der Waals surface area contributed by atoms with Gasteiger partial charge in [0, 0.05) is 18.3 Å². The zero-order valence-corrected chi connectivity index (χ0v) is 12.6. The lowest BCUT2D eigenvalue weighted by Crippen LogP contribution is -2.18. The van der Waals surface area contributed by atoms with Gasteiger partial charge < -0.3 is 15.4 Å². The summed E-state index contributed by atoms with van der Waals surface area (Å²) in [5.74, 6) is 0.489. The maximum atomic E-state index is 12.0. The molecular weight excluding hydrogens is 280 g/mol. The van der Waals surface area contributed by atoms with Crippen LogP contribution in [0.15, 0.2) is 48.5 Å². The second-order valence-electron chi connectivity index (χ2n) is 4.73. The molecule has 0 radical (unpaired) electrons. The maximum absolute atomic E-state index is 12.0. The molecule has 0 unspecified atom stereocenters. The average Bonchev–Trinajstić information content (AvgIpc) is 2.55. The highest BCUT2D eigenvalue weighted by Crippen LogP contribution is 2.13. The summed E-state index contributed by atoms with van der Waals surface area (Å²) in [6, 6.07) is 14.1. The molecule has 2 N–H and O–H groups in total. The van der Waals surface area contributed by atoms with E-state index in [2.05, 4.69) is 10.6 Å². The number of methoxy groups -OCH3 is 1. The fourth-order valence-electron chi connectivity index (χ4n) is 1.98. The summed E-state index contributed by atoms with van der Waals surface area (Å²) in [4.78, 5) is 23.4. The Bertz CT molecular complexity index is 649. The van der Waals surface area contributed by atoms with Crippen molar-refractivity contribution in [1.29, 1.82) is 0 Å². The molecule has 2 rings (SSSR count). The Balaban J connectivity index is 1.94. The van der Waals surface area contributed by atoms with E-state index in [0.717, 1.165) is 11.3 Å². The van der Waals surface area contributed by atoms with E-state index in [1.165, 1.54) is 0 Å². The summed E-state index contributed by atoms with van der Waals surface area (Å²) in [6.45, 7) is 0. The van der Waals surface area contributed by atoms with Crippen LogP contribution in [0.5, 0.6) is 5.75 Å². The molecule has 0 aliphatic heterocycles. The first kappa shape index (κ1) is 15.6. The Labute approximate surface area is 129 Å². The van der Waals surface area contributed by atoms with E-state index >= 15 is 0 Å². The Morgan fingerprint density at radius 1 is 1.00 bits per heavy atom. The maximum Gasteiger partial charge on any atom is 0.251 e. The number of carbonyl (C=O) groups is 2. The summed E-state index contributed by atoms with van der Waals surface area (Å²) in [5.41, 5.74) is 2.11. The molecule has 5 heteroatoms. The van der Waals surface area contributed by atoms with Crippen LogP contribution in [0.25, 0.3) is 0 Å². The topological polar surface area (TPSA) is 67.4 Å². The normalized spacial score (nSPS) is 9.91. The van der Waals surface area contributed by atoms with Gasteiger partial charge in [0.2, 0.25) is 5.91 Å². The fourth-order valence-corrected chi connectivity index (χ4v) is 1.98. The Kier molecular flexibility index (Phi) is 5.14. The average molecular weight is 298 g/mol. The van der Waals surface area contributed by atoms with Crippen LogP contribution in [-0.4, -0.2) is 26.0 Å². The molecule has 0 aliphatic rings. The molecule has 0 bridgehead atoms. The molecule has 2 amide bonds. The lowest BCUT2D eigenvalue weighted by atomic mass is 10.1. The SMILES string of the molecule is CNC(=O)c1ccc(NC(=O)Cc2ccc(OC)cc2)cc1. The predicted octanol–water partition coefficient (Wildman–Crippen LogP) is 2.24. The van der Waals surface area contributed by atoms with Crippen molar-refractivity contribution in [3.63, 3.8) is 0 Å². The lowest BCUT2D eigenvalue weighted by Gasteiger charge is -2.07. The van der Waals surface area contributed by atoms with Crippen molar-refractivity contribution in [3.05, 3.63) is 59.7 Å². The summed E-state index contributed by atoms with van der Waals surface area (Å²) >= 11 is 0. The summed E-state index contributed by atoms with van der Waals surface area (Å²) < 4.78 is 5.08. The second-order valence-corrected chi connectivity index (χ2v) is 4.73. The van der Waals surface area contributed by atoms with Gasteiger partial charge in [-0.15, -0.1) is 0 Å². The van der Waals surface area contributed by atoms with E-state index in [4.69, 9.17) is 4.74 Å². The monoisotopic (exact) mass is 298 g/mol. The first-order valence-corrected chi connectivity index (χ1v) is 6.87. The van der Waals surface area contributed by atoms with Gasteiger partial charge in [-0.2, -0.15) is 0 Å². The minimum Gasteiger partial charge on any atom is -0.497 e. The molecule has 0 saturated carbocycles. The van der Waals surface area contributed by atoms with Crippen LogP contribution in [0.2, 0.25) is 0 Å². The number of nitrogens with one attached hydrogen (secondary N) is 2. The Morgan fingerprint density at radius 3 is 2.18 bits per heavy atom. The van der Waals surface area contributed by atoms with Crippen molar-refractivity contribution in [2.24, 2.45) is 0 Å². The highest BCUT2D eigenvalue weighted by molar-refractivity contribution is 5.96. The van der Waals surface area contributed by atoms with Gasteiger partial charge in [0.15, 0.2) is 0 Å². The van der Waals surface area contributed by atoms with Gasteiger partial charge in [-0.3, -0.25) is 9.59 Å². The van der Waals surface area contributed by atoms with Gasteiger partial charge in [0.25, 0.3) is 5.91 Å². The van der Waals surface area contributed by atoms with Crippen LogP contribution < -0.4 is 15.4 Å². The minimum absolute atomic E-state index is 0.113. The van der Waals surface area contributed by atoms with Crippen LogP contribution in [-0.2, 0) is 11.2 Å². The largest absolute Gasteiger partial charge is 0.497 e. The summed E-state index contributed by atoms with van der Waals surface area (Å²) in [6.07, 6.45) is 0.279. The summed E-state index contributed by atoms with van der Waals surface area (Å²) in [7, 11) is 3.18. The number of amides is 2. The number of anilines is 1. The van der Waals surface area contributed by atoms with Crippen molar-refractivity contribution >= 4 is 17.5 Å². The summed E-state index contributed by atoms with van der Waals surface area (Å²) in [5, 5.41) is 5.35. The number of rotatable bonds is 5. The smallest absolute Gasteiger partial charge is 0.251 e. The van der Waals surface area contributed by atoms with Crippen molar-refractivity contribution in [3.8, 4) is 5.75 Å². The van der Waals surface area contributed by atoms with Crippen LogP contribution in [0.1, 0.15) is 15.9 Å². The van der Waals surface area contributed by atoms with Gasteiger partial charge >= 0.3 is 0 Å². The predicted molar refractivity (Wildman–Crippen MR) is 85.2 cm³/mol. The first-order chi connectivity index (χ1) is 10.6. The number of hydrogen-bond donors (Lipinski definition) is 2. The van der Waals surface area contributed by atoms with Gasteiger partial charge in [0.1, 0.15) is 5.75 Å². The fraction of sp³-hybridized carbons (Fsp3) is 0.176.